The maximum Gasteiger partial charge on any atom is 0.0658 e. The maximum atomic E-state index is 5.60. The second-order valence-corrected chi connectivity index (χ2v) is 2.31. The molecular weight excluding hydrogens is 143 g/mol. The van der Waals surface area contributed by atoms with Gasteiger partial charge in [-0.25, -0.2) is 0 Å². The number of allylic oxidation sites excluding steroid dienone is 5. The van der Waals surface area contributed by atoms with E-state index in [2.05, 4.69) is 6.58 Å². The zero-order valence-electron chi connectivity index (χ0n) is 4.12. The van der Waals surface area contributed by atoms with E-state index in [9.17, 15) is 0 Å². The summed E-state index contributed by atoms with van der Waals surface area (Å²) in [5.41, 5.74) is 0.789. The molecule has 0 aromatic carbocycles. The fraction of sp³-hybridized carbons (Fsp3) is 0. The van der Waals surface area contributed by atoms with Crippen molar-refractivity contribution in [1.82, 2.24) is 0 Å². The van der Waals surface area contributed by atoms with Gasteiger partial charge >= 0.3 is 0 Å². The fourth-order valence-corrected chi connectivity index (χ4v) is 0.784. The summed E-state index contributed by atoms with van der Waals surface area (Å²) >= 11 is 11.2. The van der Waals surface area contributed by atoms with Gasteiger partial charge in [-0.2, -0.15) is 0 Å². The maximum absolute atomic E-state index is 5.60. The lowest BCUT2D eigenvalue weighted by Crippen LogP contribution is -1.66. The molecule has 0 atom stereocenters. The molecule has 0 aromatic heterocycles. The van der Waals surface area contributed by atoms with E-state index < -0.39 is 0 Å². The standard InChI is InChI=1S/C6H4Cl2/c1-4-2-3-5(7)6(4)8/h2-3H,1H2. The first-order valence-electron chi connectivity index (χ1n) is 2.14. The Labute approximate surface area is 58.1 Å². The van der Waals surface area contributed by atoms with Gasteiger partial charge in [0.25, 0.3) is 0 Å². The summed E-state index contributed by atoms with van der Waals surface area (Å²) in [6.45, 7) is 3.62. The Balaban J connectivity index is 3.02. The molecule has 0 aliphatic heterocycles. The number of hydrogen-bond acceptors (Lipinski definition) is 0. The van der Waals surface area contributed by atoms with Gasteiger partial charge in [-0.05, 0) is 11.6 Å². The minimum atomic E-state index is 0.562. The van der Waals surface area contributed by atoms with Crippen molar-refractivity contribution < 1.29 is 0 Å². The predicted octanol–water partition coefficient (Wildman–Crippen LogP) is 2.80. The van der Waals surface area contributed by atoms with Crippen LogP contribution in [0.2, 0.25) is 0 Å². The molecule has 0 saturated carbocycles. The predicted molar refractivity (Wildman–Crippen MR) is 37.0 cm³/mol. The largest absolute Gasteiger partial charge is 0.0902 e. The third kappa shape index (κ3) is 0.816. The Kier molecular flexibility index (Phi) is 1.45. The van der Waals surface area contributed by atoms with Crippen molar-refractivity contribution in [1.29, 1.82) is 0 Å². The second kappa shape index (κ2) is 1.96. The van der Waals surface area contributed by atoms with E-state index >= 15 is 0 Å². The average molecular weight is 147 g/mol. The summed E-state index contributed by atoms with van der Waals surface area (Å²) in [4.78, 5) is 0. The zero-order chi connectivity index (χ0) is 6.15. The van der Waals surface area contributed by atoms with E-state index in [0.29, 0.717) is 10.1 Å². The van der Waals surface area contributed by atoms with Gasteiger partial charge in [0.1, 0.15) is 0 Å². The number of halogens is 2. The van der Waals surface area contributed by atoms with Crippen molar-refractivity contribution in [2.24, 2.45) is 0 Å². The van der Waals surface area contributed by atoms with Gasteiger partial charge in [-0.15, -0.1) is 0 Å². The van der Waals surface area contributed by atoms with Crippen molar-refractivity contribution >= 4 is 23.2 Å². The summed E-state index contributed by atoms with van der Waals surface area (Å²) in [5, 5.41) is 1.14. The molecule has 0 amide bonds. The highest BCUT2D eigenvalue weighted by molar-refractivity contribution is 6.42. The van der Waals surface area contributed by atoms with E-state index in [1.54, 1.807) is 12.2 Å². The third-order valence-electron chi connectivity index (χ3n) is 0.922. The lowest BCUT2D eigenvalue weighted by atomic mass is 10.3. The molecule has 0 nitrogen and oxygen atoms in total. The van der Waals surface area contributed by atoms with Crippen molar-refractivity contribution in [3.8, 4) is 0 Å². The van der Waals surface area contributed by atoms with E-state index in [0.717, 1.165) is 5.57 Å². The monoisotopic (exact) mass is 146 g/mol. The van der Waals surface area contributed by atoms with Crippen LogP contribution in [0, 0.1) is 0 Å². The molecule has 1 rings (SSSR count). The minimum Gasteiger partial charge on any atom is -0.0902 e. The molecule has 8 heavy (non-hydrogen) atoms. The van der Waals surface area contributed by atoms with Crippen LogP contribution in [0.25, 0.3) is 0 Å². The van der Waals surface area contributed by atoms with E-state index in [4.69, 9.17) is 23.2 Å². The smallest absolute Gasteiger partial charge is 0.0658 e. The molecule has 2 heteroatoms. The zero-order valence-corrected chi connectivity index (χ0v) is 5.63. The van der Waals surface area contributed by atoms with E-state index in [-0.39, 0.29) is 0 Å². The normalized spacial score (nSPS) is 18.5. The molecule has 0 saturated heterocycles. The topological polar surface area (TPSA) is 0 Å². The summed E-state index contributed by atoms with van der Waals surface area (Å²) in [6.07, 6.45) is 3.51. The van der Waals surface area contributed by atoms with Gasteiger partial charge in [-0.1, -0.05) is 35.9 Å². The molecule has 1 aliphatic rings. The van der Waals surface area contributed by atoms with Crippen LogP contribution >= 0.6 is 23.2 Å². The van der Waals surface area contributed by atoms with Gasteiger partial charge in [0.2, 0.25) is 0 Å². The summed E-state index contributed by atoms with van der Waals surface area (Å²) in [5.74, 6) is 0. The van der Waals surface area contributed by atoms with Crippen LogP contribution in [0.4, 0.5) is 0 Å². The highest BCUT2D eigenvalue weighted by atomic mass is 35.5. The molecule has 0 bridgehead atoms. The average Bonchev–Trinajstić information content (AvgIpc) is 1.98. The molecule has 0 unspecified atom stereocenters. The Morgan fingerprint density at radius 3 is 2.00 bits per heavy atom. The highest BCUT2D eigenvalue weighted by Gasteiger charge is 2.06. The fourth-order valence-electron chi connectivity index (χ4n) is 0.473. The third-order valence-corrected chi connectivity index (χ3v) is 1.78. The molecule has 42 valence electrons. The molecule has 0 aromatic rings. The van der Waals surface area contributed by atoms with E-state index in [1.807, 2.05) is 0 Å². The first-order valence-corrected chi connectivity index (χ1v) is 2.90. The van der Waals surface area contributed by atoms with Crippen LogP contribution in [0.5, 0.6) is 0 Å². The second-order valence-electron chi connectivity index (χ2n) is 1.52. The van der Waals surface area contributed by atoms with Crippen molar-refractivity contribution in [2.75, 3.05) is 0 Å². The molecule has 0 N–H and O–H groups in total. The van der Waals surface area contributed by atoms with E-state index in [1.165, 1.54) is 0 Å². The van der Waals surface area contributed by atoms with Crippen LogP contribution < -0.4 is 0 Å². The number of rotatable bonds is 0. The van der Waals surface area contributed by atoms with Gasteiger partial charge in [0.15, 0.2) is 0 Å². The van der Waals surface area contributed by atoms with Crippen LogP contribution in [0.1, 0.15) is 0 Å². The summed E-state index contributed by atoms with van der Waals surface area (Å²) < 4.78 is 0. The Morgan fingerprint density at radius 1 is 1.25 bits per heavy atom. The van der Waals surface area contributed by atoms with Gasteiger partial charge < -0.3 is 0 Å². The molecule has 0 heterocycles. The highest BCUT2D eigenvalue weighted by Crippen LogP contribution is 2.28. The Morgan fingerprint density at radius 2 is 1.88 bits per heavy atom. The Bertz CT molecular complexity index is 183. The first kappa shape index (κ1) is 5.93. The van der Waals surface area contributed by atoms with Crippen molar-refractivity contribution in [3.05, 3.63) is 34.4 Å². The first-order chi connectivity index (χ1) is 3.72. The Hall–Kier alpha value is -0.200. The SMILES string of the molecule is C=C1C=CC(Cl)=C1Cl. The summed E-state index contributed by atoms with van der Waals surface area (Å²) in [7, 11) is 0. The van der Waals surface area contributed by atoms with Crippen LogP contribution in [-0.4, -0.2) is 0 Å². The molecule has 0 spiro atoms. The van der Waals surface area contributed by atoms with Crippen LogP contribution in [-0.2, 0) is 0 Å². The van der Waals surface area contributed by atoms with Gasteiger partial charge in [0, 0.05) is 0 Å². The molecular formula is C6H4Cl2. The van der Waals surface area contributed by atoms with Gasteiger partial charge in [0.05, 0.1) is 10.1 Å². The lowest BCUT2D eigenvalue weighted by Gasteiger charge is -1.87. The molecule has 0 radical (unpaired) electrons. The van der Waals surface area contributed by atoms with Gasteiger partial charge in [-0.3, -0.25) is 0 Å². The van der Waals surface area contributed by atoms with Crippen molar-refractivity contribution in [3.63, 3.8) is 0 Å². The number of hydrogen-bond donors (Lipinski definition) is 0. The molecule has 0 fully saturated rings. The summed E-state index contributed by atoms with van der Waals surface area (Å²) in [6, 6.07) is 0. The quantitative estimate of drug-likeness (QED) is 0.494. The minimum absolute atomic E-state index is 0.562. The molecule has 1 aliphatic carbocycles. The van der Waals surface area contributed by atoms with Crippen molar-refractivity contribution in [2.45, 2.75) is 0 Å². The lowest BCUT2D eigenvalue weighted by molar-refractivity contribution is 1.78. The van der Waals surface area contributed by atoms with Crippen LogP contribution in [0.15, 0.2) is 34.4 Å². The van der Waals surface area contributed by atoms with Crippen LogP contribution in [0.3, 0.4) is 0 Å².